The summed E-state index contributed by atoms with van der Waals surface area (Å²) in [7, 11) is 0. The molecular weight excluding hydrogens is 322 g/mol. The molecule has 3 rings (SSSR count). The highest BCUT2D eigenvalue weighted by molar-refractivity contribution is 7.12. The number of aromatic nitrogens is 2. The van der Waals surface area contributed by atoms with E-state index in [-0.39, 0.29) is 11.9 Å². The fourth-order valence-electron chi connectivity index (χ4n) is 3.28. The van der Waals surface area contributed by atoms with E-state index < -0.39 is 5.60 Å². The number of aliphatic hydroxyl groups is 1. The van der Waals surface area contributed by atoms with Gasteiger partial charge in [0.05, 0.1) is 17.7 Å². The Kier molecular flexibility index (Phi) is 4.78. The molecule has 2 aromatic heterocycles. The van der Waals surface area contributed by atoms with Crippen LogP contribution in [0.1, 0.15) is 49.7 Å². The number of carbonyl (C=O) groups excluding carboxylic acids is 1. The molecule has 0 aliphatic heterocycles. The first-order chi connectivity index (χ1) is 11.3. The van der Waals surface area contributed by atoms with Crippen LogP contribution in [0.25, 0.3) is 5.13 Å². The van der Waals surface area contributed by atoms with Gasteiger partial charge in [0.1, 0.15) is 0 Å². The largest absolute Gasteiger partial charge is 0.390 e. The first-order valence-electron chi connectivity index (χ1n) is 8.45. The average molecular weight is 347 g/mol. The van der Waals surface area contributed by atoms with Gasteiger partial charge in [0, 0.05) is 22.8 Å². The molecule has 6 heteroatoms. The first-order valence-corrected chi connectivity index (χ1v) is 9.33. The van der Waals surface area contributed by atoms with Gasteiger partial charge in [-0.05, 0) is 58.6 Å². The number of hydrogen-bond acceptors (Lipinski definition) is 4. The van der Waals surface area contributed by atoms with Crippen molar-refractivity contribution in [1.29, 1.82) is 0 Å². The maximum Gasteiger partial charge on any atom is 0.226 e. The molecule has 0 aromatic carbocycles. The summed E-state index contributed by atoms with van der Waals surface area (Å²) in [6.45, 7) is 5.98. The number of rotatable bonds is 4. The molecule has 1 amide bonds. The zero-order valence-electron chi connectivity index (χ0n) is 14.5. The predicted molar refractivity (Wildman–Crippen MR) is 95.6 cm³/mol. The molecule has 0 radical (unpaired) electrons. The van der Waals surface area contributed by atoms with Crippen LogP contribution in [0.15, 0.2) is 17.5 Å². The molecule has 2 aromatic rings. The Bertz CT molecular complexity index is 703. The summed E-state index contributed by atoms with van der Waals surface area (Å²) < 4.78 is 2.11. The minimum atomic E-state index is -0.572. The molecular formula is C18H25N3O2S. The van der Waals surface area contributed by atoms with E-state index in [9.17, 15) is 9.90 Å². The summed E-state index contributed by atoms with van der Waals surface area (Å²) in [6, 6.07) is 4.31. The molecule has 0 atom stereocenters. The highest BCUT2D eigenvalue weighted by atomic mass is 32.1. The third kappa shape index (κ3) is 3.87. The Hall–Kier alpha value is -1.66. The topological polar surface area (TPSA) is 67.2 Å². The Morgan fingerprint density at radius 3 is 2.62 bits per heavy atom. The molecule has 0 saturated heterocycles. The molecule has 1 saturated carbocycles. The van der Waals surface area contributed by atoms with Gasteiger partial charge in [0.15, 0.2) is 5.13 Å². The monoisotopic (exact) mass is 347 g/mol. The molecule has 0 unspecified atom stereocenters. The van der Waals surface area contributed by atoms with Crippen LogP contribution in [-0.4, -0.2) is 32.2 Å². The quantitative estimate of drug-likeness (QED) is 0.894. The summed E-state index contributed by atoms with van der Waals surface area (Å²) in [5.41, 5.74) is 2.53. The van der Waals surface area contributed by atoms with Crippen molar-refractivity contribution in [3.8, 4) is 5.13 Å². The maximum atomic E-state index is 12.3. The van der Waals surface area contributed by atoms with Crippen molar-refractivity contribution in [2.45, 2.75) is 64.5 Å². The lowest BCUT2D eigenvalue weighted by molar-refractivity contribution is -0.121. The van der Waals surface area contributed by atoms with E-state index in [4.69, 9.17) is 0 Å². The zero-order valence-corrected chi connectivity index (χ0v) is 15.3. The summed E-state index contributed by atoms with van der Waals surface area (Å²) in [4.78, 5) is 16.9. The minimum Gasteiger partial charge on any atom is -0.390 e. The summed E-state index contributed by atoms with van der Waals surface area (Å²) in [5, 5.41) is 15.9. The highest BCUT2D eigenvalue weighted by Crippen LogP contribution is 2.27. The van der Waals surface area contributed by atoms with E-state index in [2.05, 4.69) is 40.8 Å². The van der Waals surface area contributed by atoms with Gasteiger partial charge in [-0.15, -0.1) is 11.3 Å². The number of hydrogen-bond donors (Lipinski definition) is 2. The van der Waals surface area contributed by atoms with Crippen LogP contribution >= 0.6 is 11.3 Å². The van der Waals surface area contributed by atoms with Crippen LogP contribution < -0.4 is 5.32 Å². The van der Waals surface area contributed by atoms with E-state index in [1.54, 1.807) is 11.3 Å². The van der Waals surface area contributed by atoms with Crippen molar-refractivity contribution < 1.29 is 9.90 Å². The van der Waals surface area contributed by atoms with Gasteiger partial charge in [-0.25, -0.2) is 4.98 Å². The number of thiazole rings is 1. The van der Waals surface area contributed by atoms with Crippen molar-refractivity contribution >= 4 is 17.2 Å². The van der Waals surface area contributed by atoms with Crippen LogP contribution in [0.2, 0.25) is 0 Å². The number of carbonyl (C=O) groups is 1. The number of nitrogens with one attached hydrogen (secondary N) is 1. The van der Waals surface area contributed by atoms with Crippen molar-refractivity contribution in [3.05, 3.63) is 34.6 Å². The van der Waals surface area contributed by atoms with Gasteiger partial charge in [-0.1, -0.05) is 0 Å². The van der Waals surface area contributed by atoms with Crippen LogP contribution in [0, 0.1) is 13.8 Å². The third-order valence-electron chi connectivity index (χ3n) is 4.77. The van der Waals surface area contributed by atoms with E-state index in [0.717, 1.165) is 47.9 Å². The van der Waals surface area contributed by atoms with Gasteiger partial charge in [0.25, 0.3) is 0 Å². The Morgan fingerprint density at radius 2 is 2.00 bits per heavy atom. The smallest absolute Gasteiger partial charge is 0.226 e. The Morgan fingerprint density at radius 1 is 1.38 bits per heavy atom. The molecule has 1 aliphatic carbocycles. The summed E-state index contributed by atoms with van der Waals surface area (Å²) >= 11 is 1.56. The lowest BCUT2D eigenvalue weighted by atomic mass is 9.83. The number of amides is 1. The summed E-state index contributed by atoms with van der Waals surface area (Å²) in [5.74, 6) is 0.0133. The van der Waals surface area contributed by atoms with E-state index in [1.807, 2.05) is 12.3 Å². The molecule has 0 bridgehead atoms. The van der Waals surface area contributed by atoms with Crippen molar-refractivity contribution in [2.24, 2.45) is 0 Å². The SMILES string of the molecule is Cc1ccc(C)n1-c1nc(CC(=O)NC2CCC(C)(O)CC2)cs1. The molecule has 2 heterocycles. The standard InChI is InChI=1S/C18H25N3O2S/c1-12-4-5-13(2)21(12)17-20-15(11-24-17)10-16(22)19-14-6-8-18(3,23)9-7-14/h4-5,11,14,23H,6-10H2,1-3H3,(H,19,22). The molecule has 5 nitrogen and oxygen atoms in total. The average Bonchev–Trinajstić information content (AvgIpc) is 3.08. The van der Waals surface area contributed by atoms with Gasteiger partial charge in [-0.2, -0.15) is 0 Å². The molecule has 2 N–H and O–H groups in total. The molecule has 1 aliphatic rings. The number of nitrogens with zero attached hydrogens (tertiary/aromatic N) is 2. The first kappa shape index (κ1) is 17.2. The van der Waals surface area contributed by atoms with Gasteiger partial charge >= 0.3 is 0 Å². The van der Waals surface area contributed by atoms with Crippen LogP contribution in [0.3, 0.4) is 0 Å². The second-order valence-electron chi connectivity index (χ2n) is 7.09. The van der Waals surface area contributed by atoms with Crippen molar-refractivity contribution in [1.82, 2.24) is 14.9 Å². The zero-order chi connectivity index (χ0) is 17.3. The maximum absolute atomic E-state index is 12.3. The normalized spacial score (nSPS) is 24.1. The highest BCUT2D eigenvalue weighted by Gasteiger charge is 2.29. The lowest BCUT2D eigenvalue weighted by Gasteiger charge is -2.33. The van der Waals surface area contributed by atoms with Crippen molar-refractivity contribution in [2.75, 3.05) is 0 Å². The second kappa shape index (κ2) is 6.69. The molecule has 24 heavy (non-hydrogen) atoms. The fourth-order valence-corrected chi connectivity index (χ4v) is 4.22. The molecule has 130 valence electrons. The predicted octanol–water partition coefficient (Wildman–Crippen LogP) is 2.90. The molecule has 0 spiro atoms. The van der Waals surface area contributed by atoms with Gasteiger partial charge in [0.2, 0.25) is 5.91 Å². The van der Waals surface area contributed by atoms with Crippen LogP contribution in [0.4, 0.5) is 0 Å². The van der Waals surface area contributed by atoms with Gasteiger partial charge in [-0.3, -0.25) is 9.36 Å². The number of aryl methyl sites for hydroxylation is 2. The van der Waals surface area contributed by atoms with E-state index in [0.29, 0.717) is 6.42 Å². The second-order valence-corrected chi connectivity index (χ2v) is 7.92. The van der Waals surface area contributed by atoms with Crippen LogP contribution in [-0.2, 0) is 11.2 Å². The van der Waals surface area contributed by atoms with Gasteiger partial charge < -0.3 is 10.4 Å². The Balaban J connectivity index is 1.58. The fraction of sp³-hybridized carbons (Fsp3) is 0.556. The van der Waals surface area contributed by atoms with Crippen LogP contribution in [0.5, 0.6) is 0 Å². The minimum absolute atomic E-state index is 0.0133. The Labute approximate surface area is 146 Å². The third-order valence-corrected chi connectivity index (χ3v) is 5.65. The molecule has 1 fully saturated rings. The van der Waals surface area contributed by atoms with E-state index >= 15 is 0 Å². The van der Waals surface area contributed by atoms with E-state index in [1.165, 1.54) is 0 Å². The lowest BCUT2D eigenvalue weighted by Crippen LogP contribution is -2.42. The van der Waals surface area contributed by atoms with Crippen molar-refractivity contribution in [3.63, 3.8) is 0 Å². The summed E-state index contributed by atoms with van der Waals surface area (Å²) in [6.07, 6.45) is 3.46.